The van der Waals surface area contributed by atoms with Crippen LogP contribution in [-0.4, -0.2) is 49.0 Å². The summed E-state index contributed by atoms with van der Waals surface area (Å²) in [7, 11) is 4.13. The SMILES string of the molecule is COc1ccc2c3c1O[C@H]1CC(O)C=C[C@@]31CC[N+](C)(CC1CC1)C2. The summed E-state index contributed by atoms with van der Waals surface area (Å²) in [4.78, 5) is 0. The monoisotopic (exact) mass is 342 g/mol. The molecule has 134 valence electrons. The Kier molecular flexibility index (Phi) is 3.29. The number of methoxy groups -OCH3 is 1. The molecular weight excluding hydrogens is 314 g/mol. The quantitative estimate of drug-likeness (QED) is 0.678. The van der Waals surface area contributed by atoms with Gasteiger partial charge in [-0.25, -0.2) is 0 Å². The molecule has 1 aromatic rings. The molecule has 0 bridgehead atoms. The lowest BCUT2D eigenvalue weighted by Gasteiger charge is -2.37. The third-order valence-corrected chi connectivity index (χ3v) is 6.81. The molecule has 1 aromatic carbocycles. The van der Waals surface area contributed by atoms with Crippen molar-refractivity contribution in [2.75, 3.05) is 27.2 Å². The van der Waals surface area contributed by atoms with E-state index in [1.54, 1.807) is 7.11 Å². The number of nitrogens with zero attached hydrogens (tertiary/aromatic N) is 1. The molecule has 1 spiro atoms. The lowest BCUT2D eigenvalue weighted by molar-refractivity contribution is -0.924. The van der Waals surface area contributed by atoms with Crippen molar-refractivity contribution in [1.82, 2.24) is 0 Å². The average Bonchev–Trinajstić information content (AvgIpc) is 3.33. The highest BCUT2D eigenvalue weighted by Gasteiger charge is 2.55. The topological polar surface area (TPSA) is 38.7 Å². The van der Waals surface area contributed by atoms with Crippen molar-refractivity contribution in [3.05, 3.63) is 35.4 Å². The first-order chi connectivity index (χ1) is 12.0. The van der Waals surface area contributed by atoms with Crippen LogP contribution < -0.4 is 9.47 Å². The van der Waals surface area contributed by atoms with Crippen LogP contribution in [0.5, 0.6) is 11.5 Å². The molecule has 1 fully saturated rings. The molecule has 2 aliphatic carbocycles. The summed E-state index contributed by atoms with van der Waals surface area (Å²) >= 11 is 0. The predicted octanol–water partition coefficient (Wildman–Crippen LogP) is 2.78. The minimum absolute atomic E-state index is 0.0185. The summed E-state index contributed by atoms with van der Waals surface area (Å²) in [5, 5.41) is 10.2. The minimum Gasteiger partial charge on any atom is -0.493 e. The molecule has 0 saturated heterocycles. The molecule has 1 N–H and O–H groups in total. The number of quaternary nitrogens is 1. The van der Waals surface area contributed by atoms with Crippen LogP contribution >= 0.6 is 0 Å². The van der Waals surface area contributed by atoms with E-state index in [0.29, 0.717) is 6.42 Å². The summed E-state index contributed by atoms with van der Waals surface area (Å²) in [5.41, 5.74) is 2.63. The Hall–Kier alpha value is -1.52. The van der Waals surface area contributed by atoms with Gasteiger partial charge in [0, 0.05) is 29.9 Å². The zero-order valence-corrected chi connectivity index (χ0v) is 15.2. The van der Waals surface area contributed by atoms with E-state index >= 15 is 0 Å². The summed E-state index contributed by atoms with van der Waals surface area (Å²) < 4.78 is 13.1. The first-order valence-corrected chi connectivity index (χ1v) is 9.61. The zero-order chi connectivity index (χ0) is 17.2. The van der Waals surface area contributed by atoms with Gasteiger partial charge in [0.25, 0.3) is 0 Å². The van der Waals surface area contributed by atoms with Crippen molar-refractivity contribution in [3.63, 3.8) is 0 Å². The van der Waals surface area contributed by atoms with Crippen molar-refractivity contribution in [2.45, 2.75) is 49.9 Å². The largest absolute Gasteiger partial charge is 0.493 e. The maximum absolute atomic E-state index is 10.2. The van der Waals surface area contributed by atoms with Gasteiger partial charge >= 0.3 is 0 Å². The smallest absolute Gasteiger partial charge is 0.166 e. The average molecular weight is 342 g/mol. The molecule has 5 rings (SSSR count). The number of ether oxygens (including phenoxy) is 2. The number of benzene rings is 1. The fraction of sp³-hybridized carbons (Fsp3) is 0.619. The Morgan fingerprint density at radius 2 is 2.20 bits per heavy atom. The van der Waals surface area contributed by atoms with E-state index in [-0.39, 0.29) is 11.5 Å². The lowest BCUT2D eigenvalue weighted by atomic mass is 9.69. The summed E-state index contributed by atoms with van der Waals surface area (Å²) in [6.07, 6.45) is 8.38. The van der Waals surface area contributed by atoms with Crippen LogP contribution in [0, 0.1) is 5.92 Å². The molecule has 4 aliphatic rings. The normalized spacial score (nSPS) is 38.5. The third-order valence-electron chi connectivity index (χ3n) is 6.81. The van der Waals surface area contributed by atoms with Crippen molar-refractivity contribution >= 4 is 0 Å². The number of aliphatic hydroxyl groups excluding tert-OH is 1. The Labute approximate surface area is 149 Å². The van der Waals surface area contributed by atoms with E-state index in [1.165, 1.54) is 30.5 Å². The Morgan fingerprint density at radius 3 is 2.96 bits per heavy atom. The van der Waals surface area contributed by atoms with E-state index in [0.717, 1.165) is 41.4 Å². The number of rotatable bonds is 3. The summed E-state index contributed by atoms with van der Waals surface area (Å²) in [5.74, 6) is 2.66. The van der Waals surface area contributed by atoms with E-state index < -0.39 is 6.10 Å². The molecule has 0 aromatic heterocycles. The Bertz CT molecular complexity index is 741. The number of hydrogen-bond donors (Lipinski definition) is 1. The fourth-order valence-corrected chi connectivity index (χ4v) is 5.36. The molecular formula is C21H28NO3+. The molecule has 1 saturated carbocycles. The van der Waals surface area contributed by atoms with E-state index in [9.17, 15) is 5.11 Å². The highest BCUT2D eigenvalue weighted by molar-refractivity contribution is 5.60. The third kappa shape index (κ3) is 2.34. The second-order valence-corrected chi connectivity index (χ2v) is 8.82. The van der Waals surface area contributed by atoms with Gasteiger partial charge in [-0.1, -0.05) is 12.2 Å². The molecule has 0 radical (unpaired) electrons. The van der Waals surface area contributed by atoms with Crippen molar-refractivity contribution in [2.24, 2.45) is 5.92 Å². The molecule has 4 atom stereocenters. The maximum atomic E-state index is 10.2. The minimum atomic E-state index is -0.407. The predicted molar refractivity (Wildman–Crippen MR) is 95.8 cm³/mol. The van der Waals surface area contributed by atoms with Crippen LogP contribution in [0.25, 0.3) is 0 Å². The highest BCUT2D eigenvalue weighted by atomic mass is 16.5. The standard InChI is InChI=1S/C21H28NO3/c1-22(12-14-3-4-14)10-9-21-8-7-16(23)11-18(21)25-20-17(24-2)6-5-15(13-22)19(20)21/h5-8,14,16,18,23H,3-4,9-13H2,1-2H3/q+1/t16?,18-,21-,22?/m0/s1. The molecule has 0 amide bonds. The van der Waals surface area contributed by atoms with Crippen LogP contribution in [0.1, 0.15) is 36.8 Å². The van der Waals surface area contributed by atoms with Gasteiger partial charge in [-0.2, -0.15) is 0 Å². The van der Waals surface area contributed by atoms with Gasteiger partial charge in [0.1, 0.15) is 12.6 Å². The molecule has 4 heteroatoms. The van der Waals surface area contributed by atoms with Crippen LogP contribution in [0.3, 0.4) is 0 Å². The van der Waals surface area contributed by atoms with E-state index in [2.05, 4.69) is 25.3 Å². The van der Waals surface area contributed by atoms with Crippen LogP contribution in [0.4, 0.5) is 0 Å². The summed E-state index contributed by atoms with van der Waals surface area (Å²) in [6.45, 7) is 3.51. The molecule has 25 heavy (non-hydrogen) atoms. The van der Waals surface area contributed by atoms with Crippen LogP contribution in [0.15, 0.2) is 24.3 Å². The number of hydrogen-bond acceptors (Lipinski definition) is 3. The van der Waals surface area contributed by atoms with Crippen LogP contribution in [-0.2, 0) is 12.0 Å². The van der Waals surface area contributed by atoms with Crippen molar-refractivity contribution in [1.29, 1.82) is 0 Å². The van der Waals surface area contributed by atoms with Gasteiger partial charge in [-0.05, 0) is 25.0 Å². The van der Waals surface area contributed by atoms with Crippen LogP contribution in [0.2, 0.25) is 0 Å². The highest BCUT2D eigenvalue weighted by Crippen LogP contribution is 2.56. The van der Waals surface area contributed by atoms with Gasteiger partial charge in [0.15, 0.2) is 11.5 Å². The molecule has 4 nitrogen and oxygen atoms in total. The number of aliphatic hydroxyl groups is 1. The van der Waals surface area contributed by atoms with E-state index in [1.807, 2.05) is 6.08 Å². The molecule has 2 unspecified atom stereocenters. The first kappa shape index (κ1) is 15.7. The van der Waals surface area contributed by atoms with Gasteiger partial charge in [-0.3, -0.25) is 0 Å². The second kappa shape index (κ2) is 5.24. The van der Waals surface area contributed by atoms with Crippen molar-refractivity contribution in [3.8, 4) is 11.5 Å². The van der Waals surface area contributed by atoms with Gasteiger partial charge in [0.2, 0.25) is 0 Å². The van der Waals surface area contributed by atoms with Gasteiger partial charge < -0.3 is 19.1 Å². The van der Waals surface area contributed by atoms with Gasteiger partial charge in [0.05, 0.1) is 38.8 Å². The van der Waals surface area contributed by atoms with Crippen molar-refractivity contribution < 1.29 is 19.1 Å². The Balaban J connectivity index is 1.65. The Morgan fingerprint density at radius 1 is 1.36 bits per heavy atom. The van der Waals surface area contributed by atoms with Gasteiger partial charge in [-0.15, -0.1) is 0 Å². The maximum Gasteiger partial charge on any atom is 0.166 e. The summed E-state index contributed by atoms with van der Waals surface area (Å²) in [6, 6.07) is 4.31. The first-order valence-electron chi connectivity index (χ1n) is 9.61. The lowest BCUT2D eigenvalue weighted by Crippen LogP contribution is -2.47. The fourth-order valence-electron chi connectivity index (χ4n) is 5.36. The molecule has 2 aliphatic heterocycles. The molecule has 2 heterocycles. The second-order valence-electron chi connectivity index (χ2n) is 8.82. The van der Waals surface area contributed by atoms with E-state index in [4.69, 9.17) is 9.47 Å². The zero-order valence-electron chi connectivity index (χ0n) is 15.2.